The van der Waals surface area contributed by atoms with Crippen LogP contribution >= 0.6 is 0 Å². The van der Waals surface area contributed by atoms with Gasteiger partial charge in [0.05, 0.1) is 0 Å². The summed E-state index contributed by atoms with van der Waals surface area (Å²) in [7, 11) is 0. The summed E-state index contributed by atoms with van der Waals surface area (Å²) in [6, 6.07) is 15.8. The number of nitrogens with one attached hydrogen (secondary N) is 1. The van der Waals surface area contributed by atoms with Crippen molar-refractivity contribution < 1.29 is 4.39 Å². The van der Waals surface area contributed by atoms with Crippen LogP contribution in [-0.4, -0.2) is 6.04 Å². The molecule has 2 aromatic rings. The van der Waals surface area contributed by atoms with Crippen LogP contribution in [0.25, 0.3) is 0 Å². The van der Waals surface area contributed by atoms with Crippen molar-refractivity contribution in [2.45, 2.75) is 39.3 Å². The Labute approximate surface area is 120 Å². The number of hydrogen-bond acceptors (Lipinski definition) is 1. The van der Waals surface area contributed by atoms with E-state index >= 15 is 0 Å². The highest BCUT2D eigenvalue weighted by Gasteiger charge is 2.12. The molecule has 2 unspecified atom stereocenters. The Morgan fingerprint density at radius 3 is 2.35 bits per heavy atom. The quantitative estimate of drug-likeness (QED) is 0.849. The minimum Gasteiger partial charge on any atom is -0.307 e. The molecular weight excluding hydrogens is 249 g/mol. The molecular formula is C18H22FN. The maximum Gasteiger partial charge on any atom is 0.126 e. The van der Waals surface area contributed by atoms with Gasteiger partial charge >= 0.3 is 0 Å². The van der Waals surface area contributed by atoms with Crippen molar-refractivity contribution in [1.29, 1.82) is 0 Å². The molecule has 0 amide bonds. The van der Waals surface area contributed by atoms with E-state index in [2.05, 4.69) is 44.3 Å². The molecule has 0 saturated carbocycles. The van der Waals surface area contributed by atoms with Crippen LogP contribution in [0, 0.1) is 12.7 Å². The molecule has 0 aromatic heterocycles. The van der Waals surface area contributed by atoms with E-state index in [4.69, 9.17) is 0 Å². The van der Waals surface area contributed by atoms with Gasteiger partial charge in [-0.05, 0) is 49.9 Å². The molecule has 1 N–H and O–H groups in total. The zero-order valence-corrected chi connectivity index (χ0v) is 12.4. The molecule has 1 nitrogen and oxygen atoms in total. The molecule has 0 spiro atoms. The van der Waals surface area contributed by atoms with Gasteiger partial charge in [0.1, 0.15) is 5.82 Å². The zero-order chi connectivity index (χ0) is 14.5. The minimum atomic E-state index is -0.121. The second-order valence-corrected chi connectivity index (χ2v) is 5.44. The van der Waals surface area contributed by atoms with Crippen molar-refractivity contribution in [3.8, 4) is 0 Å². The first kappa shape index (κ1) is 14.7. The van der Waals surface area contributed by atoms with Crippen LogP contribution in [0.2, 0.25) is 0 Å². The van der Waals surface area contributed by atoms with E-state index in [9.17, 15) is 4.39 Å². The summed E-state index contributed by atoms with van der Waals surface area (Å²) in [5.74, 6) is -0.121. The van der Waals surface area contributed by atoms with E-state index in [0.29, 0.717) is 6.42 Å². The van der Waals surface area contributed by atoms with Gasteiger partial charge in [0.15, 0.2) is 0 Å². The summed E-state index contributed by atoms with van der Waals surface area (Å²) >= 11 is 0. The molecule has 2 atom stereocenters. The number of halogens is 1. The lowest BCUT2D eigenvalue weighted by Crippen LogP contribution is -2.31. The zero-order valence-electron chi connectivity index (χ0n) is 12.4. The van der Waals surface area contributed by atoms with Crippen molar-refractivity contribution in [3.63, 3.8) is 0 Å². The van der Waals surface area contributed by atoms with Crippen LogP contribution in [0.3, 0.4) is 0 Å². The first-order chi connectivity index (χ1) is 9.58. The molecule has 2 heteroatoms. The van der Waals surface area contributed by atoms with Crippen molar-refractivity contribution in [3.05, 3.63) is 71.0 Å². The highest BCUT2D eigenvalue weighted by Crippen LogP contribution is 2.18. The minimum absolute atomic E-state index is 0.121. The number of rotatable bonds is 5. The van der Waals surface area contributed by atoms with Gasteiger partial charge in [-0.3, -0.25) is 0 Å². The summed E-state index contributed by atoms with van der Waals surface area (Å²) < 4.78 is 13.6. The Morgan fingerprint density at radius 2 is 1.65 bits per heavy atom. The van der Waals surface area contributed by atoms with Crippen molar-refractivity contribution >= 4 is 0 Å². The third kappa shape index (κ3) is 3.67. The Morgan fingerprint density at radius 1 is 1.00 bits per heavy atom. The van der Waals surface area contributed by atoms with E-state index in [-0.39, 0.29) is 17.9 Å². The lowest BCUT2D eigenvalue weighted by molar-refractivity contribution is 0.468. The summed E-state index contributed by atoms with van der Waals surface area (Å²) in [5.41, 5.74) is 3.35. The smallest absolute Gasteiger partial charge is 0.126 e. The fraction of sp³-hybridized carbons (Fsp3) is 0.333. The van der Waals surface area contributed by atoms with Gasteiger partial charge in [-0.2, -0.15) is 0 Å². The average Bonchev–Trinajstić information content (AvgIpc) is 2.41. The molecule has 0 bridgehead atoms. The van der Waals surface area contributed by atoms with Crippen LogP contribution in [0.4, 0.5) is 4.39 Å². The van der Waals surface area contributed by atoms with Gasteiger partial charge < -0.3 is 5.32 Å². The van der Waals surface area contributed by atoms with E-state index in [1.807, 2.05) is 18.2 Å². The molecule has 0 aliphatic heterocycles. The fourth-order valence-corrected chi connectivity index (χ4v) is 2.64. The van der Waals surface area contributed by atoms with Gasteiger partial charge in [-0.1, -0.05) is 42.5 Å². The highest BCUT2D eigenvalue weighted by molar-refractivity contribution is 5.28. The maximum atomic E-state index is 13.6. The molecule has 2 aromatic carbocycles. The van der Waals surface area contributed by atoms with Crippen molar-refractivity contribution in [2.24, 2.45) is 0 Å². The van der Waals surface area contributed by atoms with E-state index in [1.54, 1.807) is 6.07 Å². The molecule has 0 radical (unpaired) electrons. The molecule has 0 aliphatic rings. The summed E-state index contributed by atoms with van der Waals surface area (Å²) in [5, 5.41) is 3.55. The molecule has 106 valence electrons. The largest absolute Gasteiger partial charge is 0.307 e. The van der Waals surface area contributed by atoms with Gasteiger partial charge in [-0.15, -0.1) is 0 Å². The molecule has 0 fully saturated rings. The molecule has 0 heterocycles. The van der Waals surface area contributed by atoms with Gasteiger partial charge in [0, 0.05) is 12.1 Å². The van der Waals surface area contributed by atoms with E-state index < -0.39 is 0 Å². The standard InChI is InChI=1S/C18H22FN/c1-13-8-4-6-10-17(13)15(3)20-14(2)12-16-9-5-7-11-18(16)19/h4-11,14-15,20H,12H2,1-3H3. The Balaban J connectivity index is 2.00. The maximum absolute atomic E-state index is 13.6. The first-order valence-corrected chi connectivity index (χ1v) is 7.13. The average molecular weight is 271 g/mol. The summed E-state index contributed by atoms with van der Waals surface area (Å²) in [6.45, 7) is 6.37. The lowest BCUT2D eigenvalue weighted by atomic mass is 10.0. The second kappa shape index (κ2) is 6.67. The van der Waals surface area contributed by atoms with Crippen LogP contribution < -0.4 is 5.32 Å². The van der Waals surface area contributed by atoms with E-state index in [1.165, 1.54) is 17.2 Å². The number of hydrogen-bond donors (Lipinski definition) is 1. The van der Waals surface area contributed by atoms with Gasteiger partial charge in [0.25, 0.3) is 0 Å². The predicted molar refractivity (Wildman–Crippen MR) is 82.3 cm³/mol. The number of aryl methyl sites for hydroxylation is 1. The predicted octanol–water partition coefficient (Wildman–Crippen LogP) is 4.42. The van der Waals surface area contributed by atoms with Gasteiger partial charge in [0.2, 0.25) is 0 Å². The Hall–Kier alpha value is -1.67. The Kier molecular flexibility index (Phi) is 4.91. The van der Waals surface area contributed by atoms with Crippen LogP contribution in [0.15, 0.2) is 48.5 Å². The third-order valence-corrected chi connectivity index (χ3v) is 3.67. The fourth-order valence-electron chi connectivity index (χ4n) is 2.64. The van der Waals surface area contributed by atoms with Crippen LogP contribution in [-0.2, 0) is 6.42 Å². The second-order valence-electron chi connectivity index (χ2n) is 5.44. The molecule has 2 rings (SSSR count). The molecule has 20 heavy (non-hydrogen) atoms. The van der Waals surface area contributed by atoms with Crippen molar-refractivity contribution in [2.75, 3.05) is 0 Å². The SMILES string of the molecule is Cc1ccccc1C(C)NC(C)Cc1ccccc1F. The first-order valence-electron chi connectivity index (χ1n) is 7.13. The highest BCUT2D eigenvalue weighted by atomic mass is 19.1. The lowest BCUT2D eigenvalue weighted by Gasteiger charge is -2.22. The molecule has 0 saturated heterocycles. The topological polar surface area (TPSA) is 12.0 Å². The Bertz CT molecular complexity index is 565. The summed E-state index contributed by atoms with van der Waals surface area (Å²) in [6.07, 6.45) is 0.697. The summed E-state index contributed by atoms with van der Waals surface area (Å²) in [4.78, 5) is 0. The van der Waals surface area contributed by atoms with Gasteiger partial charge in [-0.25, -0.2) is 4.39 Å². The molecule has 0 aliphatic carbocycles. The van der Waals surface area contributed by atoms with Crippen molar-refractivity contribution in [1.82, 2.24) is 5.32 Å². The van der Waals surface area contributed by atoms with E-state index in [0.717, 1.165) is 5.56 Å². The third-order valence-electron chi connectivity index (χ3n) is 3.67. The normalized spacial score (nSPS) is 14.0. The van der Waals surface area contributed by atoms with Crippen LogP contribution in [0.1, 0.15) is 36.6 Å². The monoisotopic (exact) mass is 271 g/mol. The number of benzene rings is 2. The van der Waals surface area contributed by atoms with Crippen LogP contribution in [0.5, 0.6) is 0 Å².